The summed E-state index contributed by atoms with van der Waals surface area (Å²) in [7, 11) is 1.78. The highest BCUT2D eigenvalue weighted by atomic mass is 16.5. The maximum Gasteiger partial charge on any atom is 0.255 e. The van der Waals surface area contributed by atoms with Gasteiger partial charge in [0.1, 0.15) is 12.4 Å². The normalized spacial score (nSPS) is 24.3. The van der Waals surface area contributed by atoms with Crippen LogP contribution in [0.15, 0.2) is 36.4 Å². The van der Waals surface area contributed by atoms with Crippen molar-refractivity contribution in [3.05, 3.63) is 42.0 Å². The van der Waals surface area contributed by atoms with E-state index in [9.17, 15) is 14.4 Å². The molecule has 0 bridgehead atoms. The molecule has 2 heterocycles. The first kappa shape index (κ1) is 22.8. The van der Waals surface area contributed by atoms with Crippen LogP contribution in [-0.4, -0.2) is 67.4 Å². The summed E-state index contributed by atoms with van der Waals surface area (Å²) in [4.78, 5) is 42.3. The van der Waals surface area contributed by atoms with Crippen LogP contribution >= 0.6 is 0 Å². The summed E-state index contributed by atoms with van der Waals surface area (Å²) in [5, 5.41) is 2.88. The van der Waals surface area contributed by atoms with Crippen LogP contribution in [-0.2, 0) is 9.59 Å². The highest BCUT2D eigenvalue weighted by Gasteiger charge is 2.44. The van der Waals surface area contributed by atoms with Gasteiger partial charge in [-0.05, 0) is 31.4 Å². The molecule has 168 valence electrons. The zero-order chi connectivity index (χ0) is 22.4. The summed E-state index contributed by atoms with van der Waals surface area (Å²) < 4.78 is 5.85. The highest BCUT2D eigenvalue weighted by molar-refractivity contribution is 5.97. The molecular formula is C24H33N3O4. The van der Waals surface area contributed by atoms with Gasteiger partial charge in [0.05, 0.1) is 17.5 Å². The van der Waals surface area contributed by atoms with Crippen molar-refractivity contribution in [1.29, 1.82) is 0 Å². The molecule has 7 nitrogen and oxygen atoms in total. The Morgan fingerprint density at radius 3 is 2.71 bits per heavy atom. The number of ether oxygens (including phenoxy) is 1. The molecule has 3 amide bonds. The fourth-order valence-electron chi connectivity index (χ4n) is 4.33. The number of amides is 3. The molecule has 0 aliphatic carbocycles. The molecular weight excluding hydrogens is 394 g/mol. The number of likely N-dealkylation sites (N-methyl/N-ethyl adjacent to an activating group) is 1. The first-order valence-electron chi connectivity index (χ1n) is 11.0. The van der Waals surface area contributed by atoms with Gasteiger partial charge < -0.3 is 19.9 Å². The lowest BCUT2D eigenvalue weighted by molar-refractivity contribution is -0.149. The molecule has 0 saturated carbocycles. The molecule has 1 aromatic carbocycles. The second-order valence-corrected chi connectivity index (χ2v) is 8.76. The minimum absolute atomic E-state index is 0.0383. The Hall–Kier alpha value is -2.83. The molecule has 3 rings (SSSR count). The number of nitrogens with zero attached hydrogens (tertiary/aromatic N) is 2. The smallest absolute Gasteiger partial charge is 0.255 e. The van der Waals surface area contributed by atoms with Crippen LogP contribution in [0.25, 0.3) is 0 Å². The third-order valence-corrected chi connectivity index (χ3v) is 6.05. The monoisotopic (exact) mass is 427 g/mol. The van der Waals surface area contributed by atoms with E-state index >= 15 is 0 Å². The lowest BCUT2D eigenvalue weighted by Crippen LogP contribution is -2.54. The molecule has 0 radical (unpaired) electrons. The first-order valence-corrected chi connectivity index (χ1v) is 11.0. The van der Waals surface area contributed by atoms with Gasteiger partial charge in [-0.2, -0.15) is 0 Å². The molecule has 1 atom stereocenters. The summed E-state index contributed by atoms with van der Waals surface area (Å²) >= 11 is 0. The van der Waals surface area contributed by atoms with Gasteiger partial charge in [0, 0.05) is 32.6 Å². The number of para-hydroxylation sites is 1. The molecule has 7 heteroatoms. The number of benzene rings is 1. The summed E-state index contributed by atoms with van der Waals surface area (Å²) in [5.74, 6) is 0.341. The maximum absolute atomic E-state index is 13.6. The van der Waals surface area contributed by atoms with E-state index in [4.69, 9.17) is 4.74 Å². The van der Waals surface area contributed by atoms with Crippen molar-refractivity contribution in [1.82, 2.24) is 15.1 Å². The molecule has 0 aromatic heterocycles. The van der Waals surface area contributed by atoms with Crippen LogP contribution in [0.5, 0.6) is 5.75 Å². The SMILES string of the molecule is CC(C)C(=O)N1CCCC2(C/C=C/CNC(=O)c3ccccc3OCCN(C)C2=O)C1. The van der Waals surface area contributed by atoms with Gasteiger partial charge in [0.25, 0.3) is 5.91 Å². The average molecular weight is 428 g/mol. The van der Waals surface area contributed by atoms with Crippen LogP contribution < -0.4 is 10.1 Å². The molecule has 2 aliphatic rings. The number of piperidine rings is 1. The summed E-state index contributed by atoms with van der Waals surface area (Å²) in [6.45, 7) is 5.95. The lowest BCUT2D eigenvalue weighted by atomic mass is 9.75. The Kier molecular flexibility index (Phi) is 7.36. The lowest BCUT2D eigenvalue weighted by Gasteiger charge is -2.43. The van der Waals surface area contributed by atoms with Gasteiger partial charge in [0.2, 0.25) is 11.8 Å². The predicted octanol–water partition coefficient (Wildman–Crippen LogP) is 2.48. The van der Waals surface area contributed by atoms with Crippen molar-refractivity contribution in [2.45, 2.75) is 33.1 Å². The Morgan fingerprint density at radius 2 is 1.94 bits per heavy atom. The fraction of sp³-hybridized carbons (Fsp3) is 0.542. The summed E-state index contributed by atoms with van der Waals surface area (Å²) in [6, 6.07) is 7.11. The number of likely N-dealkylation sites (tertiary alicyclic amines) is 1. The predicted molar refractivity (Wildman–Crippen MR) is 119 cm³/mol. The Bertz CT molecular complexity index is 851. The third-order valence-electron chi connectivity index (χ3n) is 6.05. The Morgan fingerprint density at radius 1 is 1.16 bits per heavy atom. The van der Waals surface area contributed by atoms with Gasteiger partial charge in [-0.15, -0.1) is 0 Å². The number of carbonyl (C=O) groups excluding carboxylic acids is 3. The molecule has 1 spiro atoms. The van der Waals surface area contributed by atoms with E-state index in [2.05, 4.69) is 5.32 Å². The molecule has 1 unspecified atom stereocenters. The second kappa shape index (κ2) is 9.98. The highest BCUT2D eigenvalue weighted by Crippen LogP contribution is 2.36. The number of hydrogen-bond donors (Lipinski definition) is 1. The van der Waals surface area contributed by atoms with E-state index in [-0.39, 0.29) is 30.2 Å². The van der Waals surface area contributed by atoms with E-state index in [1.165, 1.54) is 0 Å². The van der Waals surface area contributed by atoms with Crippen molar-refractivity contribution in [3.8, 4) is 5.75 Å². The summed E-state index contributed by atoms with van der Waals surface area (Å²) in [5.41, 5.74) is -0.173. The zero-order valence-corrected chi connectivity index (χ0v) is 18.7. The molecule has 1 saturated heterocycles. The molecule has 1 N–H and O–H groups in total. The van der Waals surface area contributed by atoms with E-state index in [0.29, 0.717) is 43.9 Å². The average Bonchev–Trinajstić information content (AvgIpc) is 2.77. The third kappa shape index (κ3) is 5.27. The number of carbonyl (C=O) groups is 3. The Balaban J connectivity index is 1.83. The molecule has 1 aromatic rings. The van der Waals surface area contributed by atoms with Crippen LogP contribution in [0.2, 0.25) is 0 Å². The van der Waals surface area contributed by atoms with E-state index in [1.54, 1.807) is 30.1 Å². The van der Waals surface area contributed by atoms with Gasteiger partial charge in [-0.25, -0.2) is 0 Å². The number of hydrogen-bond acceptors (Lipinski definition) is 4. The van der Waals surface area contributed by atoms with Gasteiger partial charge >= 0.3 is 0 Å². The van der Waals surface area contributed by atoms with E-state index in [0.717, 1.165) is 12.8 Å². The van der Waals surface area contributed by atoms with Gasteiger partial charge in [-0.3, -0.25) is 14.4 Å². The first-order chi connectivity index (χ1) is 14.8. The molecule has 1 fully saturated rings. The van der Waals surface area contributed by atoms with Gasteiger partial charge in [-0.1, -0.05) is 38.1 Å². The fourth-order valence-corrected chi connectivity index (χ4v) is 4.33. The van der Waals surface area contributed by atoms with Crippen LogP contribution in [0.4, 0.5) is 0 Å². The van der Waals surface area contributed by atoms with Gasteiger partial charge in [0.15, 0.2) is 0 Å². The summed E-state index contributed by atoms with van der Waals surface area (Å²) in [6.07, 6.45) is 5.91. The number of rotatable bonds is 1. The van der Waals surface area contributed by atoms with Crippen molar-refractivity contribution in [2.75, 3.05) is 39.8 Å². The molecule has 31 heavy (non-hydrogen) atoms. The van der Waals surface area contributed by atoms with Crippen molar-refractivity contribution < 1.29 is 19.1 Å². The standard InChI is InChI=1S/C24H33N3O4/c1-18(2)22(29)27-14-8-12-24(17-27)11-6-7-13-25-21(28)19-9-4-5-10-20(19)31-16-15-26(3)23(24)30/h4-7,9-10,18H,8,11-17H2,1-3H3,(H,25,28)/b7-6+. The Labute approximate surface area is 184 Å². The maximum atomic E-state index is 13.6. The zero-order valence-electron chi connectivity index (χ0n) is 18.7. The van der Waals surface area contributed by atoms with Crippen LogP contribution in [0, 0.1) is 11.3 Å². The van der Waals surface area contributed by atoms with Crippen LogP contribution in [0.3, 0.4) is 0 Å². The van der Waals surface area contributed by atoms with Crippen molar-refractivity contribution >= 4 is 17.7 Å². The largest absolute Gasteiger partial charge is 0.491 e. The van der Waals surface area contributed by atoms with Crippen LogP contribution in [0.1, 0.15) is 43.5 Å². The minimum atomic E-state index is -0.653. The van der Waals surface area contributed by atoms with E-state index in [1.807, 2.05) is 37.0 Å². The second-order valence-electron chi connectivity index (χ2n) is 8.76. The van der Waals surface area contributed by atoms with Crippen molar-refractivity contribution in [3.63, 3.8) is 0 Å². The topological polar surface area (TPSA) is 79.0 Å². The molecule has 2 aliphatic heterocycles. The van der Waals surface area contributed by atoms with Crippen molar-refractivity contribution in [2.24, 2.45) is 11.3 Å². The minimum Gasteiger partial charge on any atom is -0.491 e. The van der Waals surface area contributed by atoms with E-state index < -0.39 is 5.41 Å². The number of allylic oxidation sites excluding steroid dienone is 1. The number of fused-ring (bicyclic) bond motifs is 1. The number of nitrogens with one attached hydrogen (secondary N) is 1. The quantitative estimate of drug-likeness (QED) is 0.699.